The van der Waals surface area contributed by atoms with Crippen LogP contribution in [0.5, 0.6) is 0 Å². The van der Waals surface area contributed by atoms with Crippen LogP contribution in [0.1, 0.15) is 29.8 Å². The number of piperazine rings is 1. The molecular formula is C20H27N5. The Labute approximate surface area is 150 Å². The van der Waals surface area contributed by atoms with E-state index in [0.717, 1.165) is 43.6 Å². The van der Waals surface area contributed by atoms with Gasteiger partial charge in [0.25, 0.3) is 0 Å². The van der Waals surface area contributed by atoms with Gasteiger partial charge in [-0.05, 0) is 50.8 Å². The second-order valence-corrected chi connectivity index (χ2v) is 7.27. The zero-order valence-corrected chi connectivity index (χ0v) is 15.4. The summed E-state index contributed by atoms with van der Waals surface area (Å²) in [7, 11) is 0. The van der Waals surface area contributed by atoms with Gasteiger partial charge in [0, 0.05) is 44.0 Å². The molecule has 1 saturated carbocycles. The number of hydrogen-bond donors (Lipinski definition) is 1. The van der Waals surface area contributed by atoms with Crippen LogP contribution >= 0.6 is 0 Å². The number of rotatable bonds is 4. The maximum absolute atomic E-state index is 4.67. The fourth-order valence-electron chi connectivity index (χ4n) is 3.48. The van der Waals surface area contributed by atoms with Gasteiger partial charge >= 0.3 is 0 Å². The van der Waals surface area contributed by atoms with Crippen molar-refractivity contribution in [2.24, 2.45) is 0 Å². The first-order valence-electron chi connectivity index (χ1n) is 9.28. The van der Waals surface area contributed by atoms with Crippen molar-refractivity contribution >= 4 is 17.3 Å². The van der Waals surface area contributed by atoms with Crippen LogP contribution < -0.4 is 15.1 Å². The highest BCUT2D eigenvalue weighted by Crippen LogP contribution is 2.27. The van der Waals surface area contributed by atoms with E-state index in [1.54, 1.807) is 0 Å². The van der Waals surface area contributed by atoms with Gasteiger partial charge in [0.05, 0.1) is 0 Å². The van der Waals surface area contributed by atoms with Crippen molar-refractivity contribution in [1.29, 1.82) is 0 Å². The van der Waals surface area contributed by atoms with Gasteiger partial charge in [-0.25, -0.2) is 9.97 Å². The topological polar surface area (TPSA) is 44.3 Å². The SMILES string of the molecule is Cc1nc(NC2CC2)cc(N2CCN(c3cccc(C)c3C)CC2)n1. The lowest BCUT2D eigenvalue weighted by Gasteiger charge is -2.37. The number of aromatic nitrogens is 2. The molecule has 0 unspecified atom stereocenters. The molecule has 0 spiro atoms. The summed E-state index contributed by atoms with van der Waals surface area (Å²) >= 11 is 0. The summed E-state index contributed by atoms with van der Waals surface area (Å²) in [6.07, 6.45) is 2.51. The van der Waals surface area contributed by atoms with E-state index in [4.69, 9.17) is 0 Å². The molecule has 0 atom stereocenters. The third-order valence-corrected chi connectivity index (χ3v) is 5.27. The lowest BCUT2D eigenvalue weighted by atomic mass is 10.1. The Balaban J connectivity index is 1.46. The number of hydrogen-bond acceptors (Lipinski definition) is 5. The maximum Gasteiger partial charge on any atom is 0.134 e. The van der Waals surface area contributed by atoms with E-state index in [9.17, 15) is 0 Å². The van der Waals surface area contributed by atoms with Crippen LogP contribution in [0.25, 0.3) is 0 Å². The van der Waals surface area contributed by atoms with Gasteiger partial charge in [-0.2, -0.15) is 0 Å². The molecule has 25 heavy (non-hydrogen) atoms. The van der Waals surface area contributed by atoms with E-state index in [0.29, 0.717) is 6.04 Å². The van der Waals surface area contributed by atoms with Gasteiger partial charge in [0.1, 0.15) is 17.5 Å². The van der Waals surface area contributed by atoms with Crippen LogP contribution in [-0.4, -0.2) is 42.2 Å². The third kappa shape index (κ3) is 3.55. The normalized spacial score (nSPS) is 17.7. The first kappa shape index (κ1) is 16.2. The summed E-state index contributed by atoms with van der Waals surface area (Å²) in [6.45, 7) is 10.4. The minimum atomic E-state index is 0.614. The van der Waals surface area contributed by atoms with E-state index in [1.807, 2.05) is 6.92 Å². The Bertz CT molecular complexity index is 761. The fourth-order valence-corrected chi connectivity index (χ4v) is 3.48. The van der Waals surface area contributed by atoms with Gasteiger partial charge in [0.2, 0.25) is 0 Å². The Morgan fingerprint density at radius 1 is 0.960 bits per heavy atom. The minimum absolute atomic E-state index is 0.614. The average molecular weight is 337 g/mol. The van der Waals surface area contributed by atoms with Crippen molar-refractivity contribution in [2.45, 2.75) is 39.7 Å². The molecule has 1 aliphatic heterocycles. The molecular weight excluding hydrogens is 310 g/mol. The van der Waals surface area contributed by atoms with E-state index in [2.05, 4.69) is 63.2 Å². The summed E-state index contributed by atoms with van der Waals surface area (Å²) < 4.78 is 0. The summed E-state index contributed by atoms with van der Waals surface area (Å²) in [6, 6.07) is 9.31. The van der Waals surface area contributed by atoms with Crippen LogP contribution in [0, 0.1) is 20.8 Å². The summed E-state index contributed by atoms with van der Waals surface area (Å²) in [5, 5.41) is 3.50. The highest BCUT2D eigenvalue weighted by atomic mass is 15.3. The van der Waals surface area contributed by atoms with Gasteiger partial charge in [-0.1, -0.05) is 12.1 Å². The molecule has 1 N–H and O–H groups in total. The van der Waals surface area contributed by atoms with E-state index in [1.165, 1.54) is 29.7 Å². The monoisotopic (exact) mass is 337 g/mol. The molecule has 0 radical (unpaired) electrons. The number of nitrogens with zero attached hydrogens (tertiary/aromatic N) is 4. The molecule has 5 heteroatoms. The molecule has 2 aromatic rings. The van der Waals surface area contributed by atoms with Crippen LogP contribution in [0.4, 0.5) is 17.3 Å². The Hall–Kier alpha value is -2.30. The zero-order chi connectivity index (χ0) is 17.4. The van der Waals surface area contributed by atoms with Crippen molar-refractivity contribution < 1.29 is 0 Å². The maximum atomic E-state index is 4.67. The number of anilines is 3. The average Bonchev–Trinajstić information content (AvgIpc) is 3.41. The van der Waals surface area contributed by atoms with Crippen LogP contribution in [0.3, 0.4) is 0 Å². The summed E-state index contributed by atoms with van der Waals surface area (Å²) in [5.41, 5.74) is 4.13. The molecule has 5 nitrogen and oxygen atoms in total. The van der Waals surface area contributed by atoms with Crippen LogP contribution in [-0.2, 0) is 0 Å². The second-order valence-electron chi connectivity index (χ2n) is 7.27. The van der Waals surface area contributed by atoms with Gasteiger partial charge in [0.15, 0.2) is 0 Å². The third-order valence-electron chi connectivity index (χ3n) is 5.27. The number of aryl methyl sites for hydroxylation is 2. The molecule has 2 fully saturated rings. The standard InChI is InChI=1S/C20H27N5/c1-14-5-4-6-18(15(14)2)24-9-11-25(12-10-24)20-13-19(21-16(3)22-20)23-17-7-8-17/h4-6,13,17H,7-12H2,1-3H3,(H,21,22,23). The largest absolute Gasteiger partial charge is 0.368 e. The fraction of sp³-hybridized carbons (Fsp3) is 0.500. The molecule has 1 aliphatic carbocycles. The highest BCUT2D eigenvalue weighted by molar-refractivity contribution is 5.58. The van der Waals surface area contributed by atoms with Gasteiger partial charge in [-0.15, -0.1) is 0 Å². The van der Waals surface area contributed by atoms with Crippen molar-refractivity contribution in [1.82, 2.24) is 9.97 Å². The smallest absolute Gasteiger partial charge is 0.134 e. The molecule has 0 bridgehead atoms. The highest BCUT2D eigenvalue weighted by Gasteiger charge is 2.23. The van der Waals surface area contributed by atoms with Crippen molar-refractivity contribution in [3.8, 4) is 0 Å². The zero-order valence-electron chi connectivity index (χ0n) is 15.4. The van der Waals surface area contributed by atoms with E-state index < -0.39 is 0 Å². The summed E-state index contributed by atoms with van der Waals surface area (Å²) in [4.78, 5) is 14.1. The van der Waals surface area contributed by atoms with Gasteiger partial charge < -0.3 is 15.1 Å². The van der Waals surface area contributed by atoms with Crippen molar-refractivity contribution in [3.05, 3.63) is 41.2 Å². The molecule has 2 aliphatic rings. The summed E-state index contributed by atoms with van der Waals surface area (Å²) in [5.74, 6) is 2.87. The number of nitrogens with one attached hydrogen (secondary N) is 1. The van der Waals surface area contributed by atoms with E-state index >= 15 is 0 Å². The molecule has 1 aromatic heterocycles. The molecule has 4 rings (SSSR count). The molecule has 1 aromatic carbocycles. The first-order valence-corrected chi connectivity index (χ1v) is 9.28. The lowest BCUT2D eigenvalue weighted by molar-refractivity contribution is 0.644. The first-order chi connectivity index (χ1) is 12.1. The predicted octanol–water partition coefficient (Wildman–Crippen LogP) is 3.30. The quantitative estimate of drug-likeness (QED) is 0.927. The van der Waals surface area contributed by atoms with Gasteiger partial charge in [-0.3, -0.25) is 0 Å². The molecule has 1 saturated heterocycles. The van der Waals surface area contributed by atoms with E-state index in [-0.39, 0.29) is 0 Å². The number of benzene rings is 1. The van der Waals surface area contributed by atoms with Crippen molar-refractivity contribution in [2.75, 3.05) is 41.3 Å². The Kier molecular flexibility index (Phi) is 4.24. The van der Waals surface area contributed by atoms with Crippen molar-refractivity contribution in [3.63, 3.8) is 0 Å². The molecule has 2 heterocycles. The molecule has 0 amide bonds. The lowest BCUT2D eigenvalue weighted by Crippen LogP contribution is -2.47. The Morgan fingerprint density at radius 3 is 2.40 bits per heavy atom. The Morgan fingerprint density at radius 2 is 1.68 bits per heavy atom. The van der Waals surface area contributed by atoms with Crippen LogP contribution in [0.2, 0.25) is 0 Å². The van der Waals surface area contributed by atoms with Crippen LogP contribution in [0.15, 0.2) is 24.3 Å². The predicted molar refractivity (Wildman–Crippen MR) is 104 cm³/mol. The minimum Gasteiger partial charge on any atom is -0.368 e. The second kappa shape index (κ2) is 6.54. The molecule has 132 valence electrons.